The van der Waals surface area contributed by atoms with Crippen LogP contribution in [0.25, 0.3) is 11.8 Å². The lowest BCUT2D eigenvalue weighted by Crippen LogP contribution is -2.23. The van der Waals surface area contributed by atoms with E-state index in [1.165, 1.54) is 47.4 Å². The Labute approximate surface area is 187 Å². The molecule has 2 amide bonds. The minimum absolute atomic E-state index is 0.122. The van der Waals surface area contributed by atoms with Crippen molar-refractivity contribution in [3.63, 3.8) is 0 Å². The molecule has 0 bridgehead atoms. The van der Waals surface area contributed by atoms with E-state index >= 15 is 0 Å². The molecule has 0 saturated carbocycles. The molecule has 2 heterocycles. The van der Waals surface area contributed by atoms with Crippen LogP contribution in [0.3, 0.4) is 0 Å². The number of halogens is 1. The number of nitrogens with one attached hydrogen (secondary N) is 1. The first-order valence-electron chi connectivity index (χ1n) is 9.62. The first-order valence-corrected chi connectivity index (χ1v) is 10.5. The molecule has 0 unspecified atom stereocenters. The standard InChI is InChI=1S/C23H18FN5O2S/c1-16(30)29(20-10-6-5-9-19(20)24)23-25-17(15-32-23)11-12-22(31)26-21-13-14-28(27-21)18-7-3-2-4-8-18/h2-15H,1H3,(H,26,27,31)/b12-11+. The van der Waals surface area contributed by atoms with Crippen molar-refractivity contribution in [1.29, 1.82) is 0 Å². The Morgan fingerprint density at radius 3 is 2.59 bits per heavy atom. The molecule has 160 valence electrons. The molecular formula is C23H18FN5O2S. The van der Waals surface area contributed by atoms with E-state index in [1.54, 1.807) is 34.5 Å². The number of para-hydroxylation sites is 2. The fourth-order valence-corrected chi connectivity index (χ4v) is 3.79. The van der Waals surface area contributed by atoms with E-state index < -0.39 is 5.82 Å². The fourth-order valence-electron chi connectivity index (χ4n) is 2.94. The SMILES string of the molecule is CC(=O)N(c1nc(/C=C/C(=O)Nc2ccn(-c3ccccc3)n2)cs1)c1ccccc1F. The number of benzene rings is 2. The quantitative estimate of drug-likeness (QED) is 0.431. The smallest absolute Gasteiger partial charge is 0.249 e. The van der Waals surface area contributed by atoms with Crippen molar-refractivity contribution in [2.24, 2.45) is 0 Å². The highest BCUT2D eigenvalue weighted by atomic mass is 32.1. The Kier molecular flexibility index (Phi) is 6.18. The molecule has 32 heavy (non-hydrogen) atoms. The molecule has 0 radical (unpaired) electrons. The third kappa shape index (κ3) is 4.79. The fraction of sp³-hybridized carbons (Fsp3) is 0.0435. The number of carbonyl (C=O) groups is 2. The van der Waals surface area contributed by atoms with Gasteiger partial charge in [0.15, 0.2) is 10.9 Å². The Morgan fingerprint density at radius 1 is 1.09 bits per heavy atom. The molecule has 0 aliphatic heterocycles. The van der Waals surface area contributed by atoms with Gasteiger partial charge in [-0.3, -0.25) is 14.5 Å². The number of aromatic nitrogens is 3. The second-order valence-electron chi connectivity index (χ2n) is 6.66. The van der Waals surface area contributed by atoms with Crippen LogP contribution in [0, 0.1) is 5.82 Å². The summed E-state index contributed by atoms with van der Waals surface area (Å²) in [6.45, 7) is 1.34. The number of thiazole rings is 1. The zero-order chi connectivity index (χ0) is 22.5. The Morgan fingerprint density at radius 2 is 1.84 bits per heavy atom. The largest absolute Gasteiger partial charge is 0.306 e. The molecule has 4 aromatic rings. The highest BCUT2D eigenvalue weighted by molar-refractivity contribution is 7.14. The maximum atomic E-state index is 14.2. The second kappa shape index (κ2) is 9.36. The number of rotatable bonds is 6. The van der Waals surface area contributed by atoms with Crippen molar-refractivity contribution in [3.8, 4) is 5.69 Å². The number of hydrogen-bond acceptors (Lipinski definition) is 5. The third-order valence-corrected chi connectivity index (χ3v) is 5.22. The average Bonchev–Trinajstić information content (AvgIpc) is 3.44. The predicted octanol–water partition coefficient (Wildman–Crippen LogP) is 4.80. The van der Waals surface area contributed by atoms with Crippen molar-refractivity contribution < 1.29 is 14.0 Å². The topological polar surface area (TPSA) is 80.1 Å². The first kappa shape index (κ1) is 21.1. The Balaban J connectivity index is 1.44. The molecule has 1 N–H and O–H groups in total. The summed E-state index contributed by atoms with van der Waals surface area (Å²) < 4.78 is 15.8. The van der Waals surface area contributed by atoms with Gasteiger partial charge in [0.1, 0.15) is 5.82 Å². The van der Waals surface area contributed by atoms with E-state index in [0.29, 0.717) is 16.6 Å². The van der Waals surface area contributed by atoms with E-state index in [1.807, 2.05) is 30.3 Å². The van der Waals surface area contributed by atoms with E-state index in [2.05, 4.69) is 15.4 Å². The van der Waals surface area contributed by atoms with Gasteiger partial charge in [0.2, 0.25) is 11.8 Å². The highest BCUT2D eigenvalue weighted by Crippen LogP contribution is 2.31. The van der Waals surface area contributed by atoms with Gasteiger partial charge >= 0.3 is 0 Å². The molecule has 9 heteroatoms. The molecule has 0 spiro atoms. The highest BCUT2D eigenvalue weighted by Gasteiger charge is 2.20. The maximum Gasteiger partial charge on any atom is 0.249 e. The molecule has 0 aliphatic rings. The number of carbonyl (C=O) groups excluding carboxylic acids is 2. The van der Waals surface area contributed by atoms with Crippen LogP contribution >= 0.6 is 11.3 Å². The lowest BCUT2D eigenvalue weighted by Gasteiger charge is -2.18. The molecule has 7 nitrogen and oxygen atoms in total. The van der Waals surface area contributed by atoms with Crippen molar-refractivity contribution in [2.45, 2.75) is 6.92 Å². The van der Waals surface area contributed by atoms with Gasteiger partial charge in [-0.1, -0.05) is 30.3 Å². The number of anilines is 3. The zero-order valence-corrected chi connectivity index (χ0v) is 17.8. The van der Waals surface area contributed by atoms with Gasteiger partial charge in [-0.15, -0.1) is 11.3 Å². The predicted molar refractivity (Wildman–Crippen MR) is 123 cm³/mol. The molecule has 4 rings (SSSR count). The van der Waals surface area contributed by atoms with Crippen LogP contribution in [0.2, 0.25) is 0 Å². The summed E-state index contributed by atoms with van der Waals surface area (Å²) in [7, 11) is 0. The molecule has 2 aromatic carbocycles. The molecule has 0 aliphatic carbocycles. The van der Waals surface area contributed by atoms with E-state index in [0.717, 1.165) is 5.69 Å². The molecule has 0 saturated heterocycles. The summed E-state index contributed by atoms with van der Waals surface area (Å²) in [5, 5.41) is 9.00. The average molecular weight is 447 g/mol. The zero-order valence-electron chi connectivity index (χ0n) is 17.0. The summed E-state index contributed by atoms with van der Waals surface area (Å²) in [6, 6.07) is 17.2. The van der Waals surface area contributed by atoms with Crippen molar-refractivity contribution in [1.82, 2.24) is 14.8 Å². The second-order valence-corrected chi connectivity index (χ2v) is 7.50. The summed E-state index contributed by atoms with van der Waals surface area (Å²) in [6.07, 6.45) is 4.59. The van der Waals surface area contributed by atoms with Crippen LogP contribution < -0.4 is 10.2 Å². The van der Waals surface area contributed by atoms with Crippen LogP contribution in [-0.4, -0.2) is 26.6 Å². The number of amides is 2. The number of hydrogen-bond donors (Lipinski definition) is 1. The normalized spacial score (nSPS) is 10.9. The first-order chi connectivity index (χ1) is 15.5. The van der Waals surface area contributed by atoms with Gasteiger partial charge in [-0.05, 0) is 30.3 Å². The van der Waals surface area contributed by atoms with Gasteiger partial charge in [-0.2, -0.15) is 5.10 Å². The van der Waals surface area contributed by atoms with Crippen LogP contribution in [0.1, 0.15) is 12.6 Å². The lowest BCUT2D eigenvalue weighted by molar-refractivity contribution is -0.116. The lowest BCUT2D eigenvalue weighted by atomic mass is 10.3. The molecule has 0 atom stereocenters. The molecule has 0 fully saturated rings. The van der Waals surface area contributed by atoms with Crippen LogP contribution in [0.5, 0.6) is 0 Å². The molecule has 2 aromatic heterocycles. The Hall–Kier alpha value is -4.11. The summed E-state index contributed by atoms with van der Waals surface area (Å²) in [5.41, 5.74) is 1.47. The molecular weight excluding hydrogens is 429 g/mol. The third-order valence-electron chi connectivity index (χ3n) is 4.38. The van der Waals surface area contributed by atoms with Gasteiger partial charge < -0.3 is 5.32 Å². The van der Waals surface area contributed by atoms with E-state index in [4.69, 9.17) is 0 Å². The van der Waals surface area contributed by atoms with Crippen LogP contribution in [0.4, 0.5) is 21.0 Å². The van der Waals surface area contributed by atoms with E-state index in [9.17, 15) is 14.0 Å². The summed E-state index contributed by atoms with van der Waals surface area (Å²) >= 11 is 1.17. The van der Waals surface area contributed by atoms with Crippen molar-refractivity contribution >= 4 is 45.9 Å². The van der Waals surface area contributed by atoms with E-state index in [-0.39, 0.29) is 17.5 Å². The van der Waals surface area contributed by atoms with Gasteiger partial charge in [0.05, 0.1) is 17.1 Å². The number of nitrogens with zero attached hydrogens (tertiary/aromatic N) is 4. The minimum Gasteiger partial charge on any atom is -0.306 e. The van der Waals surface area contributed by atoms with Gasteiger partial charge in [0, 0.05) is 30.6 Å². The van der Waals surface area contributed by atoms with Crippen molar-refractivity contribution in [3.05, 3.63) is 89.8 Å². The van der Waals surface area contributed by atoms with Crippen LogP contribution in [-0.2, 0) is 9.59 Å². The van der Waals surface area contributed by atoms with Gasteiger partial charge in [0.25, 0.3) is 0 Å². The van der Waals surface area contributed by atoms with Crippen LogP contribution in [0.15, 0.2) is 78.3 Å². The summed E-state index contributed by atoms with van der Waals surface area (Å²) in [4.78, 5) is 29.9. The monoisotopic (exact) mass is 447 g/mol. The summed E-state index contributed by atoms with van der Waals surface area (Å²) in [5.74, 6) is -0.865. The maximum absolute atomic E-state index is 14.2. The Bertz CT molecular complexity index is 1280. The van der Waals surface area contributed by atoms with Gasteiger partial charge in [-0.25, -0.2) is 14.1 Å². The van der Waals surface area contributed by atoms with Crippen molar-refractivity contribution in [2.75, 3.05) is 10.2 Å². The minimum atomic E-state index is -0.524.